The molecule has 0 amide bonds. The van der Waals surface area contributed by atoms with E-state index in [1.807, 2.05) is 24.3 Å². The molecule has 0 bridgehead atoms. The van der Waals surface area contributed by atoms with E-state index >= 15 is 0 Å². The van der Waals surface area contributed by atoms with Crippen molar-refractivity contribution in [2.75, 3.05) is 0 Å². The van der Waals surface area contributed by atoms with Gasteiger partial charge in [-0.05, 0) is 18.9 Å². The summed E-state index contributed by atoms with van der Waals surface area (Å²) in [5.41, 5.74) is 0. The van der Waals surface area contributed by atoms with Gasteiger partial charge in [0.1, 0.15) is 0 Å². The van der Waals surface area contributed by atoms with Gasteiger partial charge in [0.25, 0.3) is 0 Å². The van der Waals surface area contributed by atoms with Gasteiger partial charge >= 0.3 is 0 Å². The van der Waals surface area contributed by atoms with E-state index in [9.17, 15) is 4.79 Å². The van der Waals surface area contributed by atoms with Crippen LogP contribution in [0, 0.1) is 0 Å². The summed E-state index contributed by atoms with van der Waals surface area (Å²) >= 11 is 0. The van der Waals surface area contributed by atoms with Crippen molar-refractivity contribution in [2.45, 2.75) is 96.8 Å². The summed E-state index contributed by atoms with van der Waals surface area (Å²) in [5, 5.41) is 0. The number of hydrogen-bond acceptors (Lipinski definition) is 1. The van der Waals surface area contributed by atoms with Crippen molar-refractivity contribution in [3.8, 4) is 0 Å². The van der Waals surface area contributed by atoms with E-state index < -0.39 is 0 Å². The first-order valence-corrected chi connectivity index (χ1v) is 10.4. The Bertz CT molecular complexity index is 374. The van der Waals surface area contributed by atoms with Gasteiger partial charge in [-0.3, -0.25) is 4.79 Å². The predicted molar refractivity (Wildman–Crippen MR) is 113 cm³/mol. The highest BCUT2D eigenvalue weighted by molar-refractivity contribution is 5.66. The maximum absolute atomic E-state index is 9.93. The van der Waals surface area contributed by atoms with E-state index in [1.165, 1.54) is 96.0 Å². The molecule has 0 aliphatic carbocycles. The minimum absolute atomic E-state index is 1.17. The average molecular weight is 344 g/mol. The summed E-state index contributed by atoms with van der Waals surface area (Å²) in [6.07, 6.45) is 36.3. The van der Waals surface area contributed by atoms with Crippen molar-refractivity contribution >= 4 is 6.29 Å². The van der Waals surface area contributed by atoms with Gasteiger partial charge in [0.15, 0.2) is 0 Å². The minimum atomic E-state index is 1.17. The smallest absolute Gasteiger partial charge is 0.225 e. The van der Waals surface area contributed by atoms with Crippen molar-refractivity contribution in [1.82, 2.24) is 0 Å². The van der Waals surface area contributed by atoms with Crippen molar-refractivity contribution in [1.29, 1.82) is 0 Å². The fraction of sp³-hybridized carbons (Fsp3) is 0.625. The van der Waals surface area contributed by atoms with Crippen LogP contribution in [0.25, 0.3) is 0 Å². The van der Waals surface area contributed by atoms with Gasteiger partial charge in [-0.15, -0.1) is 0 Å². The third-order valence-electron chi connectivity index (χ3n) is 4.33. The fourth-order valence-electron chi connectivity index (χ4n) is 2.81. The molecular formula is C24H39O. The van der Waals surface area contributed by atoms with Crippen molar-refractivity contribution in [2.24, 2.45) is 0 Å². The standard InChI is InChI=1S/C24H39O/c1-2-3-4-5-6-7-8-9-10-11-12-13-14-15-16-17-18-19-20-21-22-23-24-25/h16-23H,2-15H2,1H3/b17-16+,19-18+,21-20+,23-22+. The van der Waals surface area contributed by atoms with Crippen LogP contribution < -0.4 is 0 Å². The quantitative estimate of drug-likeness (QED) is 0.141. The average Bonchev–Trinajstić information content (AvgIpc) is 2.63. The SMILES string of the molecule is CCCCCCCCCCCCCCC/C=C/C=C/C=C/C=C/[C]=O. The molecule has 0 fully saturated rings. The molecule has 0 aromatic carbocycles. The lowest BCUT2D eigenvalue weighted by Gasteiger charge is -2.02. The molecule has 1 nitrogen and oxygen atoms in total. The van der Waals surface area contributed by atoms with Gasteiger partial charge in [-0.2, -0.15) is 0 Å². The van der Waals surface area contributed by atoms with Crippen LogP contribution in [0.2, 0.25) is 0 Å². The maximum atomic E-state index is 9.93. The summed E-state index contributed by atoms with van der Waals surface area (Å²) in [6, 6.07) is 0. The lowest BCUT2D eigenvalue weighted by Crippen LogP contribution is -1.82. The zero-order valence-electron chi connectivity index (χ0n) is 16.4. The Morgan fingerprint density at radius 2 is 1.00 bits per heavy atom. The predicted octanol–water partition coefficient (Wildman–Crippen LogP) is 7.80. The van der Waals surface area contributed by atoms with Gasteiger partial charge in [0.2, 0.25) is 6.29 Å². The third-order valence-corrected chi connectivity index (χ3v) is 4.33. The molecule has 0 aliphatic heterocycles. The van der Waals surface area contributed by atoms with Crippen LogP contribution in [0.15, 0.2) is 48.6 Å². The fourth-order valence-corrected chi connectivity index (χ4v) is 2.81. The molecule has 0 saturated heterocycles. The van der Waals surface area contributed by atoms with Crippen LogP contribution in [0.5, 0.6) is 0 Å². The Morgan fingerprint density at radius 1 is 0.560 bits per heavy atom. The van der Waals surface area contributed by atoms with Crippen LogP contribution in [0.4, 0.5) is 0 Å². The molecule has 0 aromatic rings. The van der Waals surface area contributed by atoms with Gasteiger partial charge in [-0.1, -0.05) is 127 Å². The number of unbranched alkanes of at least 4 members (excludes halogenated alkanes) is 13. The number of carbonyl (C=O) groups excluding carboxylic acids is 1. The molecule has 0 aliphatic rings. The first-order valence-electron chi connectivity index (χ1n) is 10.4. The van der Waals surface area contributed by atoms with Crippen molar-refractivity contribution < 1.29 is 4.79 Å². The van der Waals surface area contributed by atoms with E-state index in [1.54, 1.807) is 12.4 Å². The van der Waals surface area contributed by atoms with E-state index in [0.29, 0.717) is 0 Å². The maximum Gasteiger partial charge on any atom is 0.225 e. The van der Waals surface area contributed by atoms with E-state index in [0.717, 1.165) is 0 Å². The Balaban J connectivity index is 3.21. The molecule has 0 unspecified atom stereocenters. The summed E-state index contributed by atoms with van der Waals surface area (Å²) in [5.74, 6) is 0. The number of allylic oxidation sites excluding steroid dienone is 8. The van der Waals surface area contributed by atoms with E-state index in [2.05, 4.69) is 19.1 Å². The summed E-state index contributed by atoms with van der Waals surface area (Å²) in [6.45, 7) is 2.28. The Labute approximate surface area is 157 Å². The van der Waals surface area contributed by atoms with Gasteiger partial charge in [0.05, 0.1) is 0 Å². The largest absolute Gasteiger partial charge is 0.286 e. The van der Waals surface area contributed by atoms with Crippen LogP contribution >= 0.6 is 0 Å². The lowest BCUT2D eigenvalue weighted by molar-refractivity contribution is 0.540. The van der Waals surface area contributed by atoms with Crippen molar-refractivity contribution in [3.05, 3.63) is 48.6 Å². The van der Waals surface area contributed by atoms with Gasteiger partial charge in [0, 0.05) is 0 Å². The molecule has 0 saturated carbocycles. The second-order valence-corrected chi connectivity index (χ2v) is 6.71. The monoisotopic (exact) mass is 343 g/mol. The highest BCUT2D eigenvalue weighted by atomic mass is 16.1. The second-order valence-electron chi connectivity index (χ2n) is 6.71. The van der Waals surface area contributed by atoms with E-state index in [-0.39, 0.29) is 0 Å². The summed E-state index contributed by atoms with van der Waals surface area (Å²) in [4.78, 5) is 9.93. The van der Waals surface area contributed by atoms with Crippen LogP contribution in [0.1, 0.15) is 96.8 Å². The minimum Gasteiger partial charge on any atom is -0.286 e. The van der Waals surface area contributed by atoms with Crippen LogP contribution in [-0.2, 0) is 4.79 Å². The first-order chi connectivity index (χ1) is 12.4. The van der Waals surface area contributed by atoms with Gasteiger partial charge in [-0.25, -0.2) is 0 Å². The second kappa shape index (κ2) is 22.6. The normalized spacial score (nSPS) is 12.4. The molecule has 0 atom stereocenters. The summed E-state index contributed by atoms with van der Waals surface area (Å²) in [7, 11) is 0. The highest BCUT2D eigenvalue weighted by Gasteiger charge is 1.93. The molecule has 0 spiro atoms. The number of rotatable bonds is 18. The zero-order valence-corrected chi connectivity index (χ0v) is 16.4. The molecule has 141 valence electrons. The first kappa shape index (κ1) is 23.6. The highest BCUT2D eigenvalue weighted by Crippen LogP contribution is 2.12. The molecule has 1 heteroatoms. The van der Waals surface area contributed by atoms with Gasteiger partial charge < -0.3 is 0 Å². The molecule has 0 rings (SSSR count). The molecule has 1 radical (unpaired) electrons. The third kappa shape index (κ3) is 22.6. The molecule has 25 heavy (non-hydrogen) atoms. The van der Waals surface area contributed by atoms with Crippen LogP contribution in [0.3, 0.4) is 0 Å². The van der Waals surface area contributed by atoms with Crippen molar-refractivity contribution in [3.63, 3.8) is 0 Å². The molecule has 0 N–H and O–H groups in total. The summed E-state index contributed by atoms with van der Waals surface area (Å²) < 4.78 is 0. The topological polar surface area (TPSA) is 17.1 Å². The van der Waals surface area contributed by atoms with Crippen LogP contribution in [-0.4, -0.2) is 6.29 Å². The zero-order chi connectivity index (χ0) is 18.3. The van der Waals surface area contributed by atoms with E-state index in [4.69, 9.17) is 0 Å². The number of hydrogen-bond donors (Lipinski definition) is 0. The lowest BCUT2D eigenvalue weighted by atomic mass is 10.0. The molecule has 0 heterocycles. The Hall–Kier alpha value is -1.37. The molecular weight excluding hydrogens is 304 g/mol. The Kier molecular flexibility index (Phi) is 21.4. The molecule has 0 aromatic heterocycles. The Morgan fingerprint density at radius 3 is 1.52 bits per heavy atom.